The monoisotopic (exact) mass is 250 g/mol. The maximum Gasteiger partial charge on any atom is 0.0223 e. The Morgan fingerprint density at radius 3 is 2.56 bits per heavy atom. The average Bonchev–Trinajstić information content (AvgIpc) is 2.55. The normalized spacial score (nSPS) is 33.5. The standard InChI is InChI=1S/C16H30N2/c1-2-16(8-5-9-16)14-17-10-6-12-18-11-4-3-7-15(18)13-17/h15H,2-14H2,1H3. The Kier molecular flexibility index (Phi) is 3.95. The van der Waals surface area contributed by atoms with Crippen LogP contribution in [0.25, 0.3) is 0 Å². The second-order valence-corrected chi connectivity index (χ2v) is 6.98. The van der Waals surface area contributed by atoms with Gasteiger partial charge in [-0.05, 0) is 63.6 Å². The third-order valence-electron chi connectivity index (χ3n) is 5.86. The summed E-state index contributed by atoms with van der Waals surface area (Å²) in [7, 11) is 0. The third-order valence-corrected chi connectivity index (χ3v) is 5.86. The van der Waals surface area contributed by atoms with Gasteiger partial charge < -0.3 is 4.90 Å². The molecule has 18 heavy (non-hydrogen) atoms. The molecule has 0 amide bonds. The molecule has 3 fully saturated rings. The van der Waals surface area contributed by atoms with E-state index in [4.69, 9.17) is 0 Å². The zero-order chi connectivity index (χ0) is 12.4. The van der Waals surface area contributed by atoms with Crippen LogP contribution in [0.5, 0.6) is 0 Å². The van der Waals surface area contributed by atoms with Crippen molar-refractivity contribution in [3.63, 3.8) is 0 Å². The topological polar surface area (TPSA) is 6.48 Å². The minimum atomic E-state index is 0.712. The van der Waals surface area contributed by atoms with Crippen molar-refractivity contribution in [1.29, 1.82) is 0 Å². The molecular weight excluding hydrogens is 220 g/mol. The first-order chi connectivity index (χ1) is 8.81. The lowest BCUT2D eigenvalue weighted by atomic mass is 9.66. The summed E-state index contributed by atoms with van der Waals surface area (Å²) < 4.78 is 0. The molecule has 2 saturated heterocycles. The summed E-state index contributed by atoms with van der Waals surface area (Å²) in [5, 5.41) is 0. The minimum Gasteiger partial charge on any atom is -0.301 e. The second-order valence-electron chi connectivity index (χ2n) is 6.98. The third kappa shape index (κ3) is 2.60. The second kappa shape index (κ2) is 5.50. The first-order valence-electron chi connectivity index (χ1n) is 8.28. The van der Waals surface area contributed by atoms with Crippen molar-refractivity contribution in [3.05, 3.63) is 0 Å². The highest BCUT2D eigenvalue weighted by Gasteiger charge is 2.38. The van der Waals surface area contributed by atoms with Crippen molar-refractivity contribution in [3.8, 4) is 0 Å². The van der Waals surface area contributed by atoms with Gasteiger partial charge in [0.25, 0.3) is 0 Å². The maximum atomic E-state index is 2.82. The highest BCUT2D eigenvalue weighted by Crippen LogP contribution is 2.44. The van der Waals surface area contributed by atoms with Crippen molar-refractivity contribution in [2.75, 3.05) is 32.7 Å². The van der Waals surface area contributed by atoms with Crippen LogP contribution >= 0.6 is 0 Å². The van der Waals surface area contributed by atoms with Crippen LogP contribution in [0.15, 0.2) is 0 Å². The van der Waals surface area contributed by atoms with Crippen LogP contribution < -0.4 is 0 Å². The molecule has 1 atom stereocenters. The van der Waals surface area contributed by atoms with E-state index in [0.29, 0.717) is 5.41 Å². The molecule has 1 unspecified atom stereocenters. The van der Waals surface area contributed by atoms with Crippen LogP contribution in [0, 0.1) is 5.41 Å². The quantitative estimate of drug-likeness (QED) is 0.759. The lowest BCUT2D eigenvalue weighted by Gasteiger charge is -2.45. The van der Waals surface area contributed by atoms with E-state index in [0.717, 1.165) is 6.04 Å². The van der Waals surface area contributed by atoms with E-state index in [1.807, 2.05) is 0 Å². The van der Waals surface area contributed by atoms with Gasteiger partial charge in [-0.3, -0.25) is 4.90 Å². The van der Waals surface area contributed by atoms with Gasteiger partial charge in [-0.1, -0.05) is 19.8 Å². The summed E-state index contributed by atoms with van der Waals surface area (Å²) in [6, 6.07) is 0.884. The van der Waals surface area contributed by atoms with Gasteiger partial charge in [-0.25, -0.2) is 0 Å². The van der Waals surface area contributed by atoms with Crippen LogP contribution in [0.1, 0.15) is 58.3 Å². The van der Waals surface area contributed by atoms with Crippen LogP contribution in [-0.4, -0.2) is 48.6 Å². The van der Waals surface area contributed by atoms with Gasteiger partial charge in [0, 0.05) is 19.1 Å². The van der Waals surface area contributed by atoms with Crippen molar-refractivity contribution in [2.45, 2.75) is 64.3 Å². The van der Waals surface area contributed by atoms with Gasteiger partial charge in [0.15, 0.2) is 0 Å². The molecular formula is C16H30N2. The predicted octanol–water partition coefficient (Wildman–Crippen LogP) is 3.13. The minimum absolute atomic E-state index is 0.712. The predicted molar refractivity (Wildman–Crippen MR) is 76.8 cm³/mol. The summed E-state index contributed by atoms with van der Waals surface area (Å²) in [6.07, 6.45) is 11.6. The smallest absolute Gasteiger partial charge is 0.0223 e. The molecule has 0 aromatic heterocycles. The summed E-state index contributed by atoms with van der Waals surface area (Å²) >= 11 is 0. The van der Waals surface area contributed by atoms with Gasteiger partial charge in [0.05, 0.1) is 0 Å². The van der Waals surface area contributed by atoms with Gasteiger partial charge in [0.2, 0.25) is 0 Å². The molecule has 0 spiro atoms. The average molecular weight is 250 g/mol. The molecule has 1 aliphatic carbocycles. The van der Waals surface area contributed by atoms with E-state index in [1.165, 1.54) is 84.1 Å². The maximum absolute atomic E-state index is 2.82. The van der Waals surface area contributed by atoms with Crippen LogP contribution in [0.2, 0.25) is 0 Å². The Hall–Kier alpha value is -0.0800. The molecule has 104 valence electrons. The van der Waals surface area contributed by atoms with Gasteiger partial charge in [-0.2, -0.15) is 0 Å². The zero-order valence-electron chi connectivity index (χ0n) is 12.2. The molecule has 2 heterocycles. The van der Waals surface area contributed by atoms with E-state index in [1.54, 1.807) is 0 Å². The molecule has 0 bridgehead atoms. The molecule has 1 saturated carbocycles. The van der Waals surface area contributed by atoms with Gasteiger partial charge in [-0.15, -0.1) is 0 Å². The number of rotatable bonds is 3. The molecule has 0 aromatic carbocycles. The molecule has 2 nitrogen and oxygen atoms in total. The van der Waals surface area contributed by atoms with Gasteiger partial charge in [0.1, 0.15) is 0 Å². The molecule has 2 heteroatoms. The van der Waals surface area contributed by atoms with E-state index in [2.05, 4.69) is 16.7 Å². The Morgan fingerprint density at radius 1 is 1.00 bits per heavy atom. The molecule has 0 radical (unpaired) electrons. The van der Waals surface area contributed by atoms with E-state index >= 15 is 0 Å². The SMILES string of the molecule is CCC1(CN2CCCN3CCCCC3C2)CCC1. The van der Waals surface area contributed by atoms with Crippen molar-refractivity contribution >= 4 is 0 Å². The number of hydrogen-bond acceptors (Lipinski definition) is 2. The lowest BCUT2D eigenvalue weighted by molar-refractivity contribution is 0.0521. The molecule has 2 aliphatic heterocycles. The molecule has 3 rings (SSSR count). The summed E-state index contributed by atoms with van der Waals surface area (Å²) in [6.45, 7) is 9.26. The number of hydrogen-bond donors (Lipinski definition) is 0. The van der Waals surface area contributed by atoms with Crippen molar-refractivity contribution in [1.82, 2.24) is 9.80 Å². The fraction of sp³-hybridized carbons (Fsp3) is 1.00. The lowest BCUT2D eigenvalue weighted by Crippen LogP contribution is -2.47. The highest BCUT2D eigenvalue weighted by atomic mass is 15.2. The van der Waals surface area contributed by atoms with Crippen molar-refractivity contribution < 1.29 is 0 Å². The first-order valence-corrected chi connectivity index (χ1v) is 8.28. The molecule has 0 N–H and O–H groups in total. The summed E-state index contributed by atoms with van der Waals surface area (Å²) in [5.41, 5.74) is 0.712. The fourth-order valence-electron chi connectivity index (χ4n) is 4.37. The first kappa shape index (κ1) is 12.9. The Labute approximate surface area is 113 Å². The van der Waals surface area contributed by atoms with Crippen LogP contribution in [0.3, 0.4) is 0 Å². The summed E-state index contributed by atoms with van der Waals surface area (Å²) in [4.78, 5) is 5.60. The van der Waals surface area contributed by atoms with E-state index in [9.17, 15) is 0 Å². The highest BCUT2D eigenvalue weighted by molar-refractivity contribution is 4.91. The number of nitrogens with zero attached hydrogens (tertiary/aromatic N) is 2. The fourth-order valence-corrected chi connectivity index (χ4v) is 4.37. The van der Waals surface area contributed by atoms with E-state index < -0.39 is 0 Å². The number of fused-ring (bicyclic) bond motifs is 1. The van der Waals surface area contributed by atoms with Crippen LogP contribution in [0.4, 0.5) is 0 Å². The summed E-state index contributed by atoms with van der Waals surface area (Å²) in [5.74, 6) is 0. The molecule has 0 aromatic rings. The van der Waals surface area contributed by atoms with Crippen LogP contribution in [-0.2, 0) is 0 Å². The van der Waals surface area contributed by atoms with E-state index in [-0.39, 0.29) is 0 Å². The zero-order valence-corrected chi connectivity index (χ0v) is 12.2. The largest absolute Gasteiger partial charge is 0.301 e. The Balaban J connectivity index is 1.59. The number of piperidine rings is 1. The van der Waals surface area contributed by atoms with Crippen molar-refractivity contribution in [2.24, 2.45) is 5.41 Å². The van der Waals surface area contributed by atoms with Gasteiger partial charge >= 0.3 is 0 Å². The Morgan fingerprint density at radius 2 is 1.83 bits per heavy atom. The Bertz CT molecular complexity index is 267. The molecule has 3 aliphatic rings.